The molecule has 0 N–H and O–H groups in total. The molecule has 0 bridgehead atoms. The molecule has 1 aromatic carbocycles. The van der Waals surface area contributed by atoms with E-state index in [-0.39, 0.29) is 5.82 Å². The lowest BCUT2D eigenvalue weighted by Crippen LogP contribution is -1.80. The molecule has 0 nitrogen and oxygen atoms in total. The zero-order valence-corrected chi connectivity index (χ0v) is 7.47. The molecule has 0 aliphatic heterocycles. The fourth-order valence-corrected chi connectivity index (χ4v) is 1.16. The highest BCUT2D eigenvalue weighted by molar-refractivity contribution is 5.63. The van der Waals surface area contributed by atoms with Crippen molar-refractivity contribution < 1.29 is 4.39 Å². The van der Waals surface area contributed by atoms with Crippen LogP contribution in [-0.4, -0.2) is 0 Å². The third kappa shape index (κ3) is 2.19. The van der Waals surface area contributed by atoms with Gasteiger partial charge in [-0.3, -0.25) is 0 Å². The first-order valence-corrected chi connectivity index (χ1v) is 4.16. The molecule has 0 saturated heterocycles. The highest BCUT2D eigenvalue weighted by Crippen LogP contribution is 2.14. The van der Waals surface area contributed by atoms with Gasteiger partial charge < -0.3 is 0 Å². The molecule has 1 aromatic rings. The van der Waals surface area contributed by atoms with Crippen LogP contribution >= 0.6 is 0 Å². The second kappa shape index (κ2) is 4.05. The summed E-state index contributed by atoms with van der Waals surface area (Å²) in [6, 6.07) is 6.67. The summed E-state index contributed by atoms with van der Waals surface area (Å²) in [5.74, 6) is -0.170. The highest BCUT2D eigenvalue weighted by atomic mass is 19.1. The molecular weight excluding hydrogens is 151 g/mol. The van der Waals surface area contributed by atoms with Crippen LogP contribution in [0.3, 0.4) is 0 Å². The van der Waals surface area contributed by atoms with E-state index in [0.717, 1.165) is 17.6 Å². The molecular formula is C11H13F. The van der Waals surface area contributed by atoms with Gasteiger partial charge in [0.1, 0.15) is 5.82 Å². The van der Waals surface area contributed by atoms with Crippen LogP contribution in [0.4, 0.5) is 4.39 Å². The van der Waals surface area contributed by atoms with E-state index >= 15 is 0 Å². The van der Waals surface area contributed by atoms with Crippen molar-refractivity contribution in [1.29, 1.82) is 0 Å². The van der Waals surface area contributed by atoms with Crippen molar-refractivity contribution in [3.05, 3.63) is 41.7 Å². The van der Waals surface area contributed by atoms with Crippen LogP contribution in [0.1, 0.15) is 25.8 Å². The summed E-state index contributed by atoms with van der Waals surface area (Å²) in [6.45, 7) is 4.07. The lowest BCUT2D eigenvalue weighted by Gasteiger charge is -2.00. The molecule has 0 spiro atoms. The van der Waals surface area contributed by atoms with E-state index in [4.69, 9.17) is 0 Å². The molecule has 0 radical (unpaired) electrons. The van der Waals surface area contributed by atoms with Crippen LogP contribution in [0, 0.1) is 5.82 Å². The maximum atomic E-state index is 12.7. The Hall–Kier alpha value is -1.11. The highest BCUT2D eigenvalue weighted by Gasteiger charge is 1.95. The topological polar surface area (TPSA) is 0 Å². The van der Waals surface area contributed by atoms with Gasteiger partial charge in [-0.05, 0) is 36.6 Å². The number of allylic oxidation sites excluding steroid dienone is 2. The van der Waals surface area contributed by atoms with Gasteiger partial charge in [0.05, 0.1) is 0 Å². The Morgan fingerprint density at radius 3 is 2.83 bits per heavy atom. The monoisotopic (exact) mass is 164 g/mol. The second-order valence-electron chi connectivity index (χ2n) is 2.81. The van der Waals surface area contributed by atoms with Gasteiger partial charge in [-0.1, -0.05) is 25.1 Å². The third-order valence-electron chi connectivity index (χ3n) is 1.79. The maximum absolute atomic E-state index is 12.7. The van der Waals surface area contributed by atoms with Crippen molar-refractivity contribution in [1.82, 2.24) is 0 Å². The third-order valence-corrected chi connectivity index (χ3v) is 1.79. The molecule has 0 atom stereocenters. The quantitative estimate of drug-likeness (QED) is 0.626. The minimum absolute atomic E-state index is 0.170. The van der Waals surface area contributed by atoms with Crippen LogP contribution in [0.15, 0.2) is 30.3 Å². The standard InChI is InChI=1S/C11H13F/c1-3-5-9(2)10-6-4-7-11(12)8-10/h4-8H,3H2,1-2H3/b9-5+. The van der Waals surface area contributed by atoms with Crippen molar-refractivity contribution in [2.24, 2.45) is 0 Å². The average molecular weight is 164 g/mol. The molecule has 0 aliphatic carbocycles. The van der Waals surface area contributed by atoms with Crippen molar-refractivity contribution in [2.45, 2.75) is 20.3 Å². The van der Waals surface area contributed by atoms with Crippen LogP contribution < -0.4 is 0 Å². The summed E-state index contributed by atoms with van der Waals surface area (Å²) in [7, 11) is 0. The number of hydrogen-bond donors (Lipinski definition) is 0. The molecule has 0 fully saturated rings. The van der Waals surface area contributed by atoms with Crippen LogP contribution in [0.2, 0.25) is 0 Å². The Labute approximate surface area is 72.7 Å². The predicted molar refractivity (Wildman–Crippen MR) is 50.3 cm³/mol. The molecule has 0 saturated carbocycles. The van der Waals surface area contributed by atoms with Crippen molar-refractivity contribution in [2.75, 3.05) is 0 Å². The van der Waals surface area contributed by atoms with E-state index in [1.807, 2.05) is 13.0 Å². The summed E-state index contributed by atoms with van der Waals surface area (Å²) in [6.07, 6.45) is 3.08. The Morgan fingerprint density at radius 1 is 1.50 bits per heavy atom. The van der Waals surface area contributed by atoms with Gasteiger partial charge in [0.15, 0.2) is 0 Å². The number of benzene rings is 1. The molecule has 64 valence electrons. The number of rotatable bonds is 2. The Bertz CT molecular complexity index is 287. The Kier molecular flexibility index (Phi) is 3.03. The smallest absolute Gasteiger partial charge is 0.123 e. The summed E-state index contributed by atoms with van der Waals surface area (Å²) in [4.78, 5) is 0. The largest absolute Gasteiger partial charge is 0.207 e. The maximum Gasteiger partial charge on any atom is 0.123 e. The van der Waals surface area contributed by atoms with Gasteiger partial charge in [0.25, 0.3) is 0 Å². The normalized spacial score (nSPS) is 11.8. The van der Waals surface area contributed by atoms with Crippen LogP contribution in [0.25, 0.3) is 5.57 Å². The van der Waals surface area contributed by atoms with Crippen molar-refractivity contribution >= 4 is 5.57 Å². The molecule has 12 heavy (non-hydrogen) atoms. The fraction of sp³-hybridized carbons (Fsp3) is 0.273. The van der Waals surface area contributed by atoms with Gasteiger partial charge >= 0.3 is 0 Å². The van der Waals surface area contributed by atoms with E-state index in [2.05, 4.69) is 13.0 Å². The first-order valence-electron chi connectivity index (χ1n) is 4.16. The molecule has 1 rings (SSSR count). The molecule has 0 aliphatic rings. The molecule has 0 amide bonds. The Balaban J connectivity index is 2.95. The van der Waals surface area contributed by atoms with E-state index in [1.54, 1.807) is 12.1 Å². The summed E-state index contributed by atoms with van der Waals surface area (Å²) >= 11 is 0. The van der Waals surface area contributed by atoms with Crippen molar-refractivity contribution in [3.63, 3.8) is 0 Å². The summed E-state index contributed by atoms with van der Waals surface area (Å²) in [5.41, 5.74) is 2.11. The van der Waals surface area contributed by atoms with Gasteiger partial charge in [-0.2, -0.15) is 0 Å². The lowest BCUT2D eigenvalue weighted by molar-refractivity contribution is 0.627. The summed E-state index contributed by atoms with van der Waals surface area (Å²) < 4.78 is 12.7. The van der Waals surface area contributed by atoms with Gasteiger partial charge in [-0.25, -0.2) is 4.39 Å². The first kappa shape index (κ1) is 8.98. The SMILES string of the molecule is CC/C=C(\C)c1cccc(F)c1. The molecule has 0 heterocycles. The zero-order chi connectivity index (χ0) is 8.97. The first-order chi connectivity index (χ1) is 5.74. The van der Waals surface area contributed by atoms with E-state index < -0.39 is 0 Å². The Morgan fingerprint density at radius 2 is 2.25 bits per heavy atom. The van der Waals surface area contributed by atoms with Crippen molar-refractivity contribution in [3.8, 4) is 0 Å². The van der Waals surface area contributed by atoms with Gasteiger partial charge in [0.2, 0.25) is 0 Å². The van der Waals surface area contributed by atoms with Crippen LogP contribution in [-0.2, 0) is 0 Å². The molecule has 0 unspecified atom stereocenters. The zero-order valence-electron chi connectivity index (χ0n) is 7.47. The second-order valence-corrected chi connectivity index (χ2v) is 2.81. The number of halogens is 1. The number of hydrogen-bond acceptors (Lipinski definition) is 0. The van der Waals surface area contributed by atoms with E-state index in [9.17, 15) is 4.39 Å². The van der Waals surface area contributed by atoms with Crippen LogP contribution in [0.5, 0.6) is 0 Å². The van der Waals surface area contributed by atoms with E-state index in [0.29, 0.717) is 0 Å². The fourth-order valence-electron chi connectivity index (χ4n) is 1.16. The summed E-state index contributed by atoms with van der Waals surface area (Å²) in [5, 5.41) is 0. The lowest BCUT2D eigenvalue weighted by atomic mass is 10.1. The minimum atomic E-state index is -0.170. The van der Waals surface area contributed by atoms with E-state index in [1.165, 1.54) is 6.07 Å². The predicted octanol–water partition coefficient (Wildman–Crippen LogP) is 3.64. The average Bonchev–Trinajstić information content (AvgIpc) is 2.05. The van der Waals surface area contributed by atoms with Gasteiger partial charge in [-0.15, -0.1) is 0 Å². The van der Waals surface area contributed by atoms with Gasteiger partial charge in [0, 0.05) is 0 Å². The molecule has 0 aromatic heterocycles. The molecule has 1 heteroatoms. The minimum Gasteiger partial charge on any atom is -0.207 e.